The van der Waals surface area contributed by atoms with Crippen molar-refractivity contribution in [2.75, 3.05) is 27.3 Å². The molecule has 1 saturated carbocycles. The summed E-state index contributed by atoms with van der Waals surface area (Å²) in [5, 5.41) is 13.5. The number of phenolic OH excluding ortho intramolecular Hbond substituents is 1. The van der Waals surface area contributed by atoms with Crippen LogP contribution in [0.25, 0.3) is 0 Å². The number of nitrogens with zero attached hydrogens (tertiary/aromatic N) is 1. The molecule has 0 radical (unpaired) electrons. The summed E-state index contributed by atoms with van der Waals surface area (Å²) in [6.45, 7) is 3.12. The Kier molecular flexibility index (Phi) is 4.22. The molecule has 0 spiro atoms. The fraction of sp³-hybridized carbons (Fsp3) is 0.625. The van der Waals surface area contributed by atoms with E-state index in [4.69, 9.17) is 9.47 Å². The SMILES string of the molecule is COc1cc(CNC2CCN(C3CC3)C2)cc(OC)c1O. The molecule has 0 bridgehead atoms. The second-order valence-corrected chi connectivity index (χ2v) is 5.94. The fourth-order valence-corrected chi connectivity index (χ4v) is 3.04. The minimum Gasteiger partial charge on any atom is -0.502 e. The van der Waals surface area contributed by atoms with Gasteiger partial charge in [-0.2, -0.15) is 0 Å². The average molecular weight is 292 g/mol. The molecule has 116 valence electrons. The zero-order valence-electron chi connectivity index (χ0n) is 12.8. The molecule has 1 aromatic rings. The van der Waals surface area contributed by atoms with Crippen LogP contribution in [0, 0.1) is 0 Å². The summed E-state index contributed by atoms with van der Waals surface area (Å²) in [6.07, 6.45) is 3.96. The summed E-state index contributed by atoms with van der Waals surface area (Å²) in [6, 6.07) is 5.12. The molecule has 1 aliphatic carbocycles. The van der Waals surface area contributed by atoms with Gasteiger partial charge in [-0.25, -0.2) is 0 Å². The molecule has 1 saturated heterocycles. The highest BCUT2D eigenvalue weighted by molar-refractivity contribution is 5.52. The third kappa shape index (κ3) is 3.24. The maximum absolute atomic E-state index is 9.92. The van der Waals surface area contributed by atoms with Gasteiger partial charge in [0.05, 0.1) is 14.2 Å². The standard InChI is InChI=1S/C16H24N2O3/c1-20-14-7-11(8-15(21-2)16(14)19)9-17-12-5-6-18(10-12)13-3-4-13/h7-8,12-13,17,19H,3-6,9-10H2,1-2H3. The average Bonchev–Trinajstić information content (AvgIpc) is 3.25. The molecule has 1 atom stereocenters. The number of benzene rings is 1. The van der Waals surface area contributed by atoms with Crippen molar-refractivity contribution in [3.63, 3.8) is 0 Å². The van der Waals surface area contributed by atoms with Crippen LogP contribution in [0.3, 0.4) is 0 Å². The number of hydrogen-bond acceptors (Lipinski definition) is 5. The normalized spacial score (nSPS) is 22.5. The van der Waals surface area contributed by atoms with Crippen molar-refractivity contribution in [1.82, 2.24) is 10.2 Å². The van der Waals surface area contributed by atoms with Crippen LogP contribution >= 0.6 is 0 Å². The molecule has 2 aliphatic rings. The van der Waals surface area contributed by atoms with Crippen LogP contribution in [-0.2, 0) is 6.54 Å². The lowest BCUT2D eigenvalue weighted by atomic mass is 10.1. The van der Waals surface area contributed by atoms with Gasteiger partial charge in [-0.05, 0) is 37.0 Å². The van der Waals surface area contributed by atoms with Gasteiger partial charge in [0.25, 0.3) is 0 Å². The van der Waals surface area contributed by atoms with Gasteiger partial charge in [-0.1, -0.05) is 0 Å². The number of likely N-dealkylation sites (tertiary alicyclic amines) is 1. The van der Waals surface area contributed by atoms with Crippen LogP contribution in [0.5, 0.6) is 17.2 Å². The number of hydrogen-bond donors (Lipinski definition) is 2. The van der Waals surface area contributed by atoms with E-state index < -0.39 is 0 Å². The van der Waals surface area contributed by atoms with Crippen molar-refractivity contribution in [2.24, 2.45) is 0 Å². The molecule has 1 unspecified atom stereocenters. The zero-order valence-corrected chi connectivity index (χ0v) is 12.8. The second kappa shape index (κ2) is 6.12. The molecule has 1 aromatic carbocycles. The second-order valence-electron chi connectivity index (χ2n) is 5.94. The van der Waals surface area contributed by atoms with E-state index in [9.17, 15) is 5.11 Å². The number of aromatic hydroxyl groups is 1. The van der Waals surface area contributed by atoms with Crippen LogP contribution in [0.1, 0.15) is 24.8 Å². The summed E-state index contributed by atoms with van der Waals surface area (Å²) in [5.41, 5.74) is 1.06. The van der Waals surface area contributed by atoms with Gasteiger partial charge in [0.15, 0.2) is 11.5 Å². The van der Waals surface area contributed by atoms with E-state index in [1.54, 1.807) is 14.2 Å². The van der Waals surface area contributed by atoms with Gasteiger partial charge < -0.3 is 19.9 Å². The molecular weight excluding hydrogens is 268 g/mol. The molecular formula is C16H24N2O3. The highest BCUT2D eigenvalue weighted by Gasteiger charge is 2.34. The summed E-state index contributed by atoms with van der Waals surface area (Å²) in [5.74, 6) is 0.971. The molecule has 21 heavy (non-hydrogen) atoms. The van der Waals surface area contributed by atoms with E-state index in [2.05, 4.69) is 10.2 Å². The van der Waals surface area contributed by atoms with Gasteiger partial charge in [0.1, 0.15) is 0 Å². The summed E-state index contributed by atoms with van der Waals surface area (Å²) < 4.78 is 10.4. The van der Waals surface area contributed by atoms with Crippen LogP contribution in [-0.4, -0.2) is 49.4 Å². The van der Waals surface area contributed by atoms with Crippen LogP contribution in [0.4, 0.5) is 0 Å². The van der Waals surface area contributed by atoms with Gasteiger partial charge in [0, 0.05) is 31.7 Å². The number of phenols is 1. The Morgan fingerprint density at radius 1 is 1.19 bits per heavy atom. The molecule has 2 fully saturated rings. The Bertz CT molecular complexity index is 477. The smallest absolute Gasteiger partial charge is 0.200 e. The van der Waals surface area contributed by atoms with Gasteiger partial charge in [0.2, 0.25) is 5.75 Å². The zero-order chi connectivity index (χ0) is 14.8. The molecule has 5 heteroatoms. The molecule has 1 aliphatic heterocycles. The third-order valence-corrected chi connectivity index (χ3v) is 4.42. The minimum absolute atomic E-state index is 0.0597. The van der Waals surface area contributed by atoms with Crippen molar-refractivity contribution in [2.45, 2.75) is 37.9 Å². The summed E-state index contributed by atoms with van der Waals surface area (Å²) in [4.78, 5) is 2.59. The first-order valence-corrected chi connectivity index (χ1v) is 7.62. The van der Waals surface area contributed by atoms with Crippen molar-refractivity contribution < 1.29 is 14.6 Å². The Labute approximate surface area is 125 Å². The largest absolute Gasteiger partial charge is 0.502 e. The van der Waals surface area contributed by atoms with Crippen molar-refractivity contribution in [1.29, 1.82) is 0 Å². The Hall–Kier alpha value is -1.46. The highest BCUT2D eigenvalue weighted by atomic mass is 16.5. The van der Waals surface area contributed by atoms with Crippen LogP contribution in [0.15, 0.2) is 12.1 Å². The number of nitrogens with one attached hydrogen (secondary N) is 1. The van der Waals surface area contributed by atoms with Crippen LogP contribution in [0.2, 0.25) is 0 Å². The predicted molar refractivity (Wildman–Crippen MR) is 81.1 cm³/mol. The fourth-order valence-electron chi connectivity index (χ4n) is 3.04. The lowest BCUT2D eigenvalue weighted by molar-refractivity contribution is 0.317. The Morgan fingerprint density at radius 3 is 2.43 bits per heavy atom. The lowest BCUT2D eigenvalue weighted by Crippen LogP contribution is -2.32. The van der Waals surface area contributed by atoms with Gasteiger partial charge in [-0.3, -0.25) is 4.90 Å². The summed E-state index contributed by atoms with van der Waals surface area (Å²) >= 11 is 0. The van der Waals surface area contributed by atoms with Crippen LogP contribution < -0.4 is 14.8 Å². The van der Waals surface area contributed by atoms with E-state index in [1.165, 1.54) is 25.8 Å². The van der Waals surface area contributed by atoms with E-state index in [0.29, 0.717) is 17.5 Å². The van der Waals surface area contributed by atoms with Crippen molar-refractivity contribution >= 4 is 0 Å². The predicted octanol–water partition coefficient (Wildman–Crippen LogP) is 1.74. The van der Waals surface area contributed by atoms with Gasteiger partial charge >= 0.3 is 0 Å². The topological polar surface area (TPSA) is 54.0 Å². The van der Waals surface area contributed by atoms with E-state index in [-0.39, 0.29) is 5.75 Å². The first kappa shape index (κ1) is 14.5. The molecule has 0 amide bonds. The van der Waals surface area contributed by atoms with Gasteiger partial charge in [-0.15, -0.1) is 0 Å². The monoisotopic (exact) mass is 292 g/mol. The molecule has 5 nitrogen and oxygen atoms in total. The highest BCUT2D eigenvalue weighted by Crippen LogP contribution is 2.37. The third-order valence-electron chi connectivity index (χ3n) is 4.42. The van der Waals surface area contributed by atoms with Crippen molar-refractivity contribution in [3.8, 4) is 17.2 Å². The van der Waals surface area contributed by atoms with Crippen molar-refractivity contribution in [3.05, 3.63) is 17.7 Å². The first-order chi connectivity index (χ1) is 10.2. The first-order valence-electron chi connectivity index (χ1n) is 7.62. The summed E-state index contributed by atoms with van der Waals surface area (Å²) in [7, 11) is 3.10. The lowest BCUT2D eigenvalue weighted by Gasteiger charge is -2.16. The minimum atomic E-state index is 0.0597. The maximum Gasteiger partial charge on any atom is 0.200 e. The van der Waals surface area contributed by atoms with E-state index in [0.717, 1.165) is 24.7 Å². The Balaban J connectivity index is 1.59. The number of ether oxygens (including phenoxy) is 2. The molecule has 0 aromatic heterocycles. The van der Waals surface area contributed by atoms with E-state index >= 15 is 0 Å². The Morgan fingerprint density at radius 2 is 1.86 bits per heavy atom. The molecule has 2 N–H and O–H groups in total. The quantitative estimate of drug-likeness (QED) is 0.836. The molecule has 1 heterocycles. The molecule has 3 rings (SSSR count). The maximum atomic E-state index is 9.92. The number of rotatable bonds is 6. The van der Waals surface area contributed by atoms with E-state index in [1.807, 2.05) is 12.1 Å². The number of methoxy groups -OCH3 is 2.